The van der Waals surface area contributed by atoms with Crippen LogP contribution >= 0.6 is 11.3 Å². The van der Waals surface area contributed by atoms with Crippen LogP contribution in [-0.2, 0) is 4.79 Å². The minimum atomic E-state index is -1.01. The second-order valence-corrected chi connectivity index (χ2v) is 8.66. The Balaban J connectivity index is 1.89. The second-order valence-electron chi connectivity index (χ2n) is 7.61. The number of carbonyl (C=O) groups is 3. The minimum absolute atomic E-state index is 0.206. The summed E-state index contributed by atoms with van der Waals surface area (Å²) < 4.78 is 0. The highest BCUT2D eigenvalue weighted by Crippen LogP contribution is 2.39. The van der Waals surface area contributed by atoms with E-state index in [4.69, 9.17) is 22.3 Å². The van der Waals surface area contributed by atoms with Crippen molar-refractivity contribution in [2.75, 3.05) is 5.32 Å². The molecule has 0 aliphatic heterocycles. The highest BCUT2D eigenvalue weighted by atomic mass is 32.1. The molecule has 1 heterocycles. The molecule has 0 saturated heterocycles. The third kappa shape index (κ3) is 5.50. The molecule has 0 unspecified atom stereocenters. The Morgan fingerprint density at radius 3 is 2.35 bits per heavy atom. The summed E-state index contributed by atoms with van der Waals surface area (Å²) in [4.78, 5) is 34.8. The fourth-order valence-corrected chi connectivity index (χ4v) is 4.93. The second kappa shape index (κ2) is 9.76. The molecule has 0 spiro atoms. The van der Waals surface area contributed by atoms with Crippen LogP contribution in [0.1, 0.15) is 48.0 Å². The molecule has 1 aliphatic carbocycles. The van der Waals surface area contributed by atoms with Crippen molar-refractivity contribution in [1.29, 1.82) is 0 Å². The molecule has 3 rings (SSSR count). The maximum Gasteiger partial charge on any atom is 0.320 e. The predicted octanol–water partition coefficient (Wildman–Crippen LogP) is 3.38. The van der Waals surface area contributed by atoms with Gasteiger partial charge in [-0.05, 0) is 47.9 Å². The Morgan fingerprint density at radius 1 is 1.16 bits per heavy atom. The molecule has 1 fully saturated rings. The lowest BCUT2D eigenvalue weighted by Crippen LogP contribution is -2.29. The first-order chi connectivity index (χ1) is 14.8. The van der Waals surface area contributed by atoms with Gasteiger partial charge in [-0.2, -0.15) is 0 Å². The lowest BCUT2D eigenvalue weighted by atomic mass is 9.89. The number of urea groups is 1. The summed E-state index contributed by atoms with van der Waals surface area (Å²) in [5, 5.41) is 11.8. The van der Waals surface area contributed by atoms with Crippen LogP contribution in [0, 0.1) is 5.92 Å². The van der Waals surface area contributed by atoms with Gasteiger partial charge in [-0.3, -0.25) is 14.9 Å². The molecular weight excluding hydrogens is 416 g/mol. The van der Waals surface area contributed by atoms with Crippen LogP contribution in [0.15, 0.2) is 36.4 Å². The van der Waals surface area contributed by atoms with Gasteiger partial charge in [0.2, 0.25) is 0 Å². The van der Waals surface area contributed by atoms with Gasteiger partial charge < -0.3 is 22.3 Å². The number of thiophene rings is 1. The predicted molar refractivity (Wildman–Crippen MR) is 122 cm³/mol. The van der Waals surface area contributed by atoms with Crippen LogP contribution < -0.4 is 22.5 Å². The standard InChI is InChI=1S/C22H26N4O4S/c23-17(21(28)29)10-9-15(12-3-1-2-4-12)13-5-7-14(8-6-13)18-11-16(19(24)27)20(31-18)26-22(25)30/h5-9,11-12,17H,1-4,10,23H2,(H2,24,27)(H,28,29)(H3,25,26,30)/b15-9-/t17-/m0/s1. The first kappa shape index (κ1) is 22.5. The number of anilines is 1. The number of amides is 3. The van der Waals surface area contributed by atoms with E-state index >= 15 is 0 Å². The van der Waals surface area contributed by atoms with Gasteiger partial charge in [-0.15, -0.1) is 11.3 Å². The van der Waals surface area contributed by atoms with E-state index in [2.05, 4.69) is 5.32 Å². The highest BCUT2D eigenvalue weighted by molar-refractivity contribution is 7.20. The molecule has 0 bridgehead atoms. The molecule has 164 valence electrons. The van der Waals surface area contributed by atoms with Crippen molar-refractivity contribution in [3.63, 3.8) is 0 Å². The van der Waals surface area contributed by atoms with E-state index in [9.17, 15) is 14.4 Å². The van der Waals surface area contributed by atoms with Gasteiger partial charge in [0.05, 0.1) is 5.56 Å². The number of primary amides is 2. The summed E-state index contributed by atoms with van der Waals surface area (Å²) in [6, 6.07) is 7.77. The van der Waals surface area contributed by atoms with E-state index in [0.29, 0.717) is 10.9 Å². The summed E-state index contributed by atoms with van der Waals surface area (Å²) in [5.41, 5.74) is 19.5. The number of benzene rings is 1. The fourth-order valence-electron chi connectivity index (χ4n) is 3.86. The lowest BCUT2D eigenvalue weighted by molar-refractivity contribution is -0.138. The third-order valence-electron chi connectivity index (χ3n) is 5.44. The molecule has 31 heavy (non-hydrogen) atoms. The van der Waals surface area contributed by atoms with Gasteiger partial charge in [0.15, 0.2) is 0 Å². The van der Waals surface area contributed by atoms with Crippen molar-refractivity contribution >= 4 is 39.8 Å². The molecule has 3 amide bonds. The van der Waals surface area contributed by atoms with Crippen LogP contribution in [0.4, 0.5) is 9.80 Å². The largest absolute Gasteiger partial charge is 0.480 e. The molecule has 8 N–H and O–H groups in total. The summed E-state index contributed by atoms with van der Waals surface area (Å²) in [6.45, 7) is 0. The Hall–Kier alpha value is -3.17. The third-order valence-corrected chi connectivity index (χ3v) is 6.54. The Labute approximate surface area is 184 Å². The topological polar surface area (TPSA) is 162 Å². The van der Waals surface area contributed by atoms with Crippen molar-refractivity contribution in [3.8, 4) is 10.4 Å². The summed E-state index contributed by atoms with van der Waals surface area (Å²) >= 11 is 1.22. The smallest absolute Gasteiger partial charge is 0.320 e. The number of nitrogens with one attached hydrogen (secondary N) is 1. The van der Waals surface area contributed by atoms with Crippen LogP contribution in [0.25, 0.3) is 16.0 Å². The molecule has 0 radical (unpaired) electrons. The SMILES string of the molecule is NC(=O)Nc1sc(-c2ccc(/C(=C\C[C@H](N)C(=O)O)C3CCCC3)cc2)cc1C(N)=O. The van der Waals surface area contributed by atoms with Gasteiger partial charge in [-0.25, -0.2) is 4.79 Å². The Bertz CT molecular complexity index is 1010. The summed E-state index contributed by atoms with van der Waals surface area (Å²) in [7, 11) is 0. The fraction of sp³-hybridized carbons (Fsp3) is 0.318. The van der Waals surface area contributed by atoms with Gasteiger partial charge in [0, 0.05) is 4.88 Å². The number of carboxylic acid groups (broad SMARTS) is 1. The van der Waals surface area contributed by atoms with E-state index in [1.165, 1.54) is 11.3 Å². The van der Waals surface area contributed by atoms with Crippen LogP contribution in [0.3, 0.4) is 0 Å². The van der Waals surface area contributed by atoms with Crippen molar-refractivity contribution < 1.29 is 19.5 Å². The summed E-state index contributed by atoms with van der Waals surface area (Å²) in [6.07, 6.45) is 6.69. The molecule has 1 aromatic heterocycles. The van der Waals surface area contributed by atoms with E-state index in [-0.39, 0.29) is 12.0 Å². The number of carbonyl (C=O) groups excluding carboxylic acids is 2. The normalized spacial score (nSPS) is 15.6. The molecule has 2 aromatic rings. The maximum absolute atomic E-state index is 11.7. The number of allylic oxidation sites excluding steroid dienone is 1. The molecule has 1 atom stereocenters. The molecule has 1 saturated carbocycles. The Morgan fingerprint density at radius 2 is 1.81 bits per heavy atom. The van der Waals surface area contributed by atoms with Gasteiger partial charge in [0.1, 0.15) is 11.0 Å². The van der Waals surface area contributed by atoms with Crippen LogP contribution in [0.2, 0.25) is 0 Å². The van der Waals surface area contributed by atoms with E-state index in [1.54, 1.807) is 6.07 Å². The number of rotatable bonds is 8. The molecule has 1 aliphatic rings. The number of carboxylic acids is 1. The number of hydrogen-bond acceptors (Lipinski definition) is 5. The van der Waals surface area contributed by atoms with E-state index in [0.717, 1.165) is 47.3 Å². The van der Waals surface area contributed by atoms with Gasteiger partial charge in [0.25, 0.3) is 5.91 Å². The highest BCUT2D eigenvalue weighted by Gasteiger charge is 2.22. The lowest BCUT2D eigenvalue weighted by Gasteiger charge is -2.16. The number of aliphatic carboxylic acids is 1. The first-order valence-corrected chi connectivity index (χ1v) is 10.9. The van der Waals surface area contributed by atoms with E-state index in [1.807, 2.05) is 30.3 Å². The van der Waals surface area contributed by atoms with Crippen molar-refractivity contribution in [2.24, 2.45) is 23.1 Å². The zero-order chi connectivity index (χ0) is 22.5. The molecule has 1 aromatic carbocycles. The number of nitrogens with two attached hydrogens (primary N) is 3. The zero-order valence-electron chi connectivity index (χ0n) is 17.0. The van der Waals surface area contributed by atoms with Crippen molar-refractivity contribution in [2.45, 2.75) is 38.1 Å². The average molecular weight is 443 g/mol. The van der Waals surface area contributed by atoms with Crippen LogP contribution in [0.5, 0.6) is 0 Å². The monoisotopic (exact) mass is 442 g/mol. The van der Waals surface area contributed by atoms with Crippen LogP contribution in [-0.4, -0.2) is 29.1 Å². The number of hydrogen-bond donors (Lipinski definition) is 5. The molecule has 9 heteroatoms. The summed E-state index contributed by atoms with van der Waals surface area (Å²) in [5.74, 6) is -1.27. The average Bonchev–Trinajstić information content (AvgIpc) is 3.38. The zero-order valence-corrected chi connectivity index (χ0v) is 17.8. The quantitative estimate of drug-likeness (QED) is 0.423. The molecular formula is C22H26N4O4S. The minimum Gasteiger partial charge on any atom is -0.480 e. The molecule has 8 nitrogen and oxygen atoms in total. The van der Waals surface area contributed by atoms with Crippen molar-refractivity contribution in [1.82, 2.24) is 0 Å². The van der Waals surface area contributed by atoms with Gasteiger partial charge in [-0.1, -0.05) is 43.2 Å². The van der Waals surface area contributed by atoms with E-state index < -0.39 is 23.9 Å². The van der Waals surface area contributed by atoms with Gasteiger partial charge >= 0.3 is 12.0 Å². The first-order valence-electron chi connectivity index (χ1n) is 10.1. The maximum atomic E-state index is 11.7. The Kier molecular flexibility index (Phi) is 7.09. The van der Waals surface area contributed by atoms with Crippen molar-refractivity contribution in [3.05, 3.63) is 47.5 Å².